The first-order chi connectivity index (χ1) is 40.3. The maximum Gasteiger partial charge on any atom is 0.119 e. The molecule has 1 aromatic heterocycles. The van der Waals surface area contributed by atoms with Crippen molar-refractivity contribution in [2.24, 2.45) is 0 Å². The van der Waals surface area contributed by atoms with E-state index in [0.717, 1.165) is 57.7 Å². The van der Waals surface area contributed by atoms with E-state index in [1.54, 1.807) is 0 Å². The van der Waals surface area contributed by atoms with Gasteiger partial charge in [-0.1, -0.05) is 251 Å². The lowest BCUT2D eigenvalue weighted by atomic mass is 9.79. The van der Waals surface area contributed by atoms with Gasteiger partial charge in [0.15, 0.2) is 0 Å². The Bertz CT molecular complexity index is 4240. The first-order valence-electron chi connectivity index (χ1n) is 28.7. The molecule has 1 unspecified atom stereocenters. The van der Waals surface area contributed by atoms with Crippen LogP contribution in [0, 0.1) is 0 Å². The number of hydrogen-bond acceptors (Lipinski definition) is 2. The molecule has 0 N–H and O–H groups in total. The van der Waals surface area contributed by atoms with Gasteiger partial charge in [-0.3, -0.25) is 0 Å². The second-order valence-electron chi connectivity index (χ2n) is 22.4. The zero-order valence-electron chi connectivity index (χ0n) is 46.7. The van der Waals surface area contributed by atoms with Gasteiger partial charge in [-0.2, -0.15) is 0 Å². The van der Waals surface area contributed by atoms with Crippen molar-refractivity contribution in [1.29, 1.82) is 0 Å². The highest BCUT2D eigenvalue weighted by Gasteiger charge is 2.35. The van der Waals surface area contributed by atoms with Gasteiger partial charge in [0.2, 0.25) is 0 Å². The summed E-state index contributed by atoms with van der Waals surface area (Å²) in [6, 6.07) is 93.3. The van der Waals surface area contributed by atoms with Crippen LogP contribution < -0.4 is 4.74 Å². The molecule has 1 aliphatic carbocycles. The van der Waals surface area contributed by atoms with Gasteiger partial charge in [0, 0.05) is 27.8 Å². The first-order valence-corrected chi connectivity index (χ1v) is 28.7. The number of aryl methyl sites for hydroxylation is 1. The third-order valence-corrected chi connectivity index (χ3v) is 17.0. The molecule has 398 valence electrons. The summed E-state index contributed by atoms with van der Waals surface area (Å²) in [6.07, 6.45) is 5.66. The van der Waals surface area contributed by atoms with Crippen molar-refractivity contribution in [2.75, 3.05) is 0 Å². The third kappa shape index (κ3) is 10.4. The van der Waals surface area contributed by atoms with Crippen LogP contribution in [0.3, 0.4) is 0 Å². The van der Waals surface area contributed by atoms with Crippen molar-refractivity contribution in [3.05, 3.63) is 324 Å². The van der Waals surface area contributed by atoms with Crippen molar-refractivity contribution in [3.63, 3.8) is 0 Å². The second kappa shape index (κ2) is 22.5. The molecule has 0 fully saturated rings. The van der Waals surface area contributed by atoms with Crippen LogP contribution in [0.25, 0.3) is 84.2 Å². The summed E-state index contributed by atoms with van der Waals surface area (Å²) in [5.74, 6) is 1.07. The number of hydrogen-bond donors (Lipinski definition) is 0. The number of para-hydroxylation sites is 1. The van der Waals surface area contributed by atoms with Gasteiger partial charge < -0.3 is 14.0 Å². The quantitative estimate of drug-likeness (QED) is 0.0855. The van der Waals surface area contributed by atoms with Gasteiger partial charge in [0.05, 0.1) is 24.2 Å². The van der Waals surface area contributed by atoms with E-state index in [2.05, 4.69) is 286 Å². The Balaban J connectivity index is 0.710. The topological polar surface area (TPSA) is 23.4 Å². The molecule has 3 nitrogen and oxygen atoms in total. The van der Waals surface area contributed by atoms with E-state index in [-0.39, 0.29) is 11.3 Å². The zero-order valence-corrected chi connectivity index (χ0v) is 46.7. The maximum absolute atomic E-state index is 6.14. The predicted octanol–water partition coefficient (Wildman–Crippen LogP) is 20.4. The Kier molecular flexibility index (Phi) is 14.3. The van der Waals surface area contributed by atoms with Gasteiger partial charge in [-0.15, -0.1) is 0 Å². The molecule has 1 atom stereocenters. The fourth-order valence-corrected chi connectivity index (χ4v) is 12.3. The number of ether oxygens (including phenoxy) is 2. The van der Waals surface area contributed by atoms with Gasteiger partial charge in [-0.05, 0) is 155 Å². The molecule has 11 aromatic carbocycles. The van der Waals surface area contributed by atoms with Crippen LogP contribution in [-0.4, -0.2) is 4.57 Å². The van der Waals surface area contributed by atoms with Crippen molar-refractivity contribution in [1.82, 2.24) is 4.57 Å². The van der Waals surface area contributed by atoms with E-state index in [9.17, 15) is 0 Å². The summed E-state index contributed by atoms with van der Waals surface area (Å²) in [5.41, 5.74) is 25.8. The molecule has 0 radical (unpaired) electrons. The van der Waals surface area contributed by atoms with Crippen LogP contribution in [-0.2, 0) is 36.4 Å². The monoisotopic (exact) mass is 1060 g/mol. The predicted molar refractivity (Wildman–Crippen MR) is 344 cm³/mol. The molecule has 3 heteroatoms. The third-order valence-electron chi connectivity index (χ3n) is 17.0. The van der Waals surface area contributed by atoms with Crippen molar-refractivity contribution >= 4 is 34.0 Å². The number of aromatic nitrogens is 1. The minimum Gasteiger partial charge on any atom is -0.489 e. The number of fused-ring (bicyclic) bond motifs is 6. The average Bonchev–Trinajstić information content (AvgIpc) is 3.11. The lowest BCUT2D eigenvalue weighted by Gasteiger charge is -2.24. The average molecular weight is 1060 g/mol. The molecule has 82 heavy (non-hydrogen) atoms. The molecule has 0 spiro atoms. The molecule has 0 aliphatic heterocycles. The molecule has 1 aliphatic rings. The van der Waals surface area contributed by atoms with E-state index in [1.807, 2.05) is 12.2 Å². The summed E-state index contributed by atoms with van der Waals surface area (Å²) in [4.78, 5) is 0. The Morgan fingerprint density at radius 1 is 0.415 bits per heavy atom. The minimum absolute atomic E-state index is 0.0715. The Hall–Kier alpha value is -9.54. The van der Waals surface area contributed by atoms with E-state index < -0.39 is 0 Å². The van der Waals surface area contributed by atoms with Crippen molar-refractivity contribution < 1.29 is 9.47 Å². The van der Waals surface area contributed by atoms with Gasteiger partial charge in [-0.25, -0.2) is 0 Å². The molecular weight excluding hydrogens is 995 g/mol. The van der Waals surface area contributed by atoms with Gasteiger partial charge in [0.25, 0.3) is 0 Å². The Morgan fingerprint density at radius 2 is 0.902 bits per heavy atom. The van der Waals surface area contributed by atoms with Gasteiger partial charge in [0.1, 0.15) is 12.4 Å². The van der Waals surface area contributed by atoms with Crippen LogP contribution in [0.5, 0.6) is 5.75 Å². The highest BCUT2D eigenvalue weighted by molar-refractivity contribution is 6.10. The lowest BCUT2D eigenvalue weighted by molar-refractivity contribution is 0.107. The fourth-order valence-electron chi connectivity index (χ4n) is 12.3. The van der Waals surface area contributed by atoms with E-state index >= 15 is 0 Å². The summed E-state index contributed by atoms with van der Waals surface area (Å²) in [5, 5.41) is 2.46. The Labute approximate surface area is 482 Å². The maximum atomic E-state index is 6.14. The van der Waals surface area contributed by atoms with E-state index in [0.29, 0.717) is 19.8 Å². The first kappa shape index (κ1) is 51.9. The SMILES string of the molecule is C=Cc1ccc(COCc2ccc(-c3ccc(C(CCc4ccc(-c5ccc(-n6c7ccccc7c7cc(-c8ccc(OCc9ccc(C=C)cc9)cc8)ccc76)cc5)cc4)c4ccc5c(c4)C(C)(C)c4ccccc4-5)cc3)cc2)cc1. The standard InChI is InChI=1S/C79H65NO2/c1-5-54-15-19-57(20-16-54)51-81-52-58-25-30-61(31-26-58)62-32-34-65(35-33-62)70(67-40-47-72-71-11-7-9-13-75(71)79(3,4)76(72)50-67)46-27-56-23-28-60(29-24-56)63-36-42-68(43-37-63)80-77-14-10-8-12-73(77)74-49-66(41-48-78(74)80)64-38-44-69(45-39-64)82-53-59-21-17-55(6-2)18-22-59/h5-26,28-45,47-50,70H,1-2,27,46,51-53H2,3-4H3. The van der Waals surface area contributed by atoms with Crippen LogP contribution in [0.2, 0.25) is 0 Å². The van der Waals surface area contributed by atoms with Crippen LogP contribution in [0.15, 0.2) is 268 Å². The zero-order chi connectivity index (χ0) is 55.6. The normalized spacial score (nSPS) is 12.7. The number of benzene rings is 11. The molecule has 0 bridgehead atoms. The summed E-state index contributed by atoms with van der Waals surface area (Å²) >= 11 is 0. The summed E-state index contributed by atoms with van der Waals surface area (Å²) in [6.45, 7) is 14.1. The van der Waals surface area contributed by atoms with E-state index in [1.165, 1.54) is 88.6 Å². The molecule has 12 aromatic rings. The summed E-state index contributed by atoms with van der Waals surface area (Å²) < 4.78 is 14.6. The molecule has 1 heterocycles. The summed E-state index contributed by atoms with van der Waals surface area (Å²) in [7, 11) is 0. The van der Waals surface area contributed by atoms with Crippen molar-refractivity contribution in [3.8, 4) is 55.9 Å². The fraction of sp³-hybridized carbons (Fsp3) is 0.114. The Morgan fingerprint density at radius 3 is 1.55 bits per heavy atom. The van der Waals surface area contributed by atoms with Crippen LogP contribution >= 0.6 is 0 Å². The van der Waals surface area contributed by atoms with Gasteiger partial charge >= 0.3 is 0 Å². The largest absolute Gasteiger partial charge is 0.489 e. The second-order valence-corrected chi connectivity index (χ2v) is 22.4. The molecular formula is C79H65NO2. The lowest BCUT2D eigenvalue weighted by Crippen LogP contribution is -2.15. The molecule has 0 saturated carbocycles. The highest BCUT2D eigenvalue weighted by Crippen LogP contribution is 2.50. The van der Waals surface area contributed by atoms with Crippen molar-refractivity contribution in [2.45, 2.75) is 57.8 Å². The highest BCUT2D eigenvalue weighted by atomic mass is 16.5. The van der Waals surface area contributed by atoms with Crippen LogP contribution in [0.4, 0.5) is 0 Å². The molecule has 0 amide bonds. The van der Waals surface area contributed by atoms with E-state index in [4.69, 9.17) is 9.47 Å². The molecule has 13 rings (SSSR count). The number of nitrogens with zero attached hydrogens (tertiary/aromatic N) is 1. The number of rotatable bonds is 18. The molecule has 0 saturated heterocycles. The minimum atomic E-state index is -0.0715. The van der Waals surface area contributed by atoms with Crippen LogP contribution in [0.1, 0.15) is 81.8 Å². The smallest absolute Gasteiger partial charge is 0.119 e.